The Balaban J connectivity index is 2.03. The quantitative estimate of drug-likeness (QED) is 0.571. The van der Waals surface area contributed by atoms with Crippen LogP contribution in [0, 0.1) is 0 Å². The Bertz CT molecular complexity index is 877. The van der Waals surface area contributed by atoms with Gasteiger partial charge in [0.2, 0.25) is 0 Å². The Morgan fingerprint density at radius 3 is 2.65 bits per heavy atom. The number of carbonyl (C=O) groups excluding carboxylic acids is 1. The van der Waals surface area contributed by atoms with Crippen molar-refractivity contribution in [1.82, 2.24) is 4.98 Å². The van der Waals surface area contributed by atoms with Crippen molar-refractivity contribution in [2.24, 2.45) is 0 Å². The highest BCUT2D eigenvalue weighted by Gasteiger charge is 2.16. The Morgan fingerprint density at radius 1 is 1.13 bits per heavy atom. The molecule has 3 nitrogen and oxygen atoms in total. The molecule has 0 aliphatic carbocycles. The number of ether oxygens (including phenoxy) is 1. The summed E-state index contributed by atoms with van der Waals surface area (Å²) >= 11 is 13.4. The first-order valence-electron chi connectivity index (χ1n) is 6.69. The van der Waals surface area contributed by atoms with E-state index >= 15 is 0 Å². The van der Waals surface area contributed by atoms with Crippen LogP contribution >= 0.6 is 34.5 Å². The van der Waals surface area contributed by atoms with Crippen LogP contribution in [0.4, 0.5) is 0 Å². The van der Waals surface area contributed by atoms with Gasteiger partial charge in [-0.15, -0.1) is 11.3 Å². The maximum atomic E-state index is 11.9. The largest absolute Gasteiger partial charge is 0.465 e. The first-order chi connectivity index (χ1) is 11.1. The number of halogens is 2. The van der Waals surface area contributed by atoms with Gasteiger partial charge in [0.25, 0.3) is 0 Å². The number of carbonyl (C=O) groups is 1. The van der Waals surface area contributed by atoms with Crippen molar-refractivity contribution in [3.05, 3.63) is 63.5 Å². The molecule has 0 radical (unpaired) electrons. The first kappa shape index (κ1) is 16.0. The Labute approximate surface area is 147 Å². The second-order valence-corrected chi connectivity index (χ2v) is 6.38. The van der Waals surface area contributed by atoms with Gasteiger partial charge in [0.1, 0.15) is 5.01 Å². The fourth-order valence-corrected chi connectivity index (χ4v) is 3.31. The maximum Gasteiger partial charge on any atom is 0.338 e. The molecule has 0 spiro atoms. The van der Waals surface area contributed by atoms with E-state index in [-0.39, 0.29) is 5.97 Å². The van der Waals surface area contributed by atoms with E-state index in [4.69, 9.17) is 27.9 Å². The molecule has 0 saturated heterocycles. The highest BCUT2D eigenvalue weighted by atomic mass is 35.5. The molecule has 0 saturated carbocycles. The Hall–Kier alpha value is -1.88. The summed E-state index contributed by atoms with van der Waals surface area (Å²) in [6.07, 6.45) is 0. The SMILES string of the molecule is COC(=O)c1ccccc1-c1nc(-c2ccc(Cl)c(Cl)c2)cs1. The molecule has 1 aromatic heterocycles. The number of nitrogens with zero attached hydrogens (tertiary/aromatic N) is 1. The lowest BCUT2D eigenvalue weighted by Crippen LogP contribution is -2.03. The minimum absolute atomic E-state index is 0.383. The summed E-state index contributed by atoms with van der Waals surface area (Å²) in [4.78, 5) is 16.5. The minimum Gasteiger partial charge on any atom is -0.465 e. The van der Waals surface area contributed by atoms with Crippen molar-refractivity contribution >= 4 is 40.5 Å². The predicted octanol–water partition coefficient (Wildman–Crippen LogP) is 5.57. The topological polar surface area (TPSA) is 39.2 Å². The van der Waals surface area contributed by atoms with E-state index in [2.05, 4.69) is 4.98 Å². The number of methoxy groups -OCH3 is 1. The number of esters is 1. The van der Waals surface area contributed by atoms with Gasteiger partial charge in [-0.05, 0) is 18.2 Å². The molecular formula is C17H11Cl2NO2S. The summed E-state index contributed by atoms with van der Waals surface area (Å²) in [7, 11) is 1.36. The molecule has 0 aliphatic rings. The van der Waals surface area contributed by atoms with Gasteiger partial charge in [0.15, 0.2) is 0 Å². The number of hydrogen-bond acceptors (Lipinski definition) is 4. The highest BCUT2D eigenvalue weighted by molar-refractivity contribution is 7.13. The fourth-order valence-electron chi connectivity index (χ4n) is 2.14. The minimum atomic E-state index is -0.383. The van der Waals surface area contributed by atoms with Gasteiger partial charge < -0.3 is 4.74 Å². The summed E-state index contributed by atoms with van der Waals surface area (Å²) in [6, 6.07) is 12.6. The number of aromatic nitrogens is 1. The molecule has 0 aliphatic heterocycles. The van der Waals surface area contributed by atoms with Crippen LogP contribution in [0.2, 0.25) is 10.0 Å². The summed E-state index contributed by atoms with van der Waals surface area (Å²) in [5.41, 5.74) is 2.89. The average Bonchev–Trinajstić information content (AvgIpc) is 3.06. The monoisotopic (exact) mass is 363 g/mol. The molecule has 3 aromatic rings. The summed E-state index contributed by atoms with van der Waals surface area (Å²) in [5, 5.41) is 3.64. The lowest BCUT2D eigenvalue weighted by Gasteiger charge is -2.04. The number of hydrogen-bond donors (Lipinski definition) is 0. The molecule has 0 unspecified atom stereocenters. The maximum absolute atomic E-state index is 11.9. The standard InChI is InChI=1S/C17H11Cl2NO2S/c1-22-17(21)12-5-3-2-4-11(12)16-20-15(9-23-16)10-6-7-13(18)14(19)8-10/h2-9H,1H3. The van der Waals surface area contributed by atoms with E-state index in [1.165, 1.54) is 18.4 Å². The van der Waals surface area contributed by atoms with Gasteiger partial charge in [0, 0.05) is 16.5 Å². The van der Waals surface area contributed by atoms with E-state index in [1.54, 1.807) is 24.3 Å². The van der Waals surface area contributed by atoms with Crippen LogP contribution in [0.25, 0.3) is 21.8 Å². The molecule has 0 amide bonds. The molecule has 0 fully saturated rings. The van der Waals surface area contributed by atoms with Gasteiger partial charge >= 0.3 is 5.97 Å². The summed E-state index contributed by atoms with van der Waals surface area (Å²) in [5.74, 6) is -0.383. The van der Waals surface area contributed by atoms with Crippen molar-refractivity contribution in [3.8, 4) is 21.8 Å². The van der Waals surface area contributed by atoms with Crippen molar-refractivity contribution in [1.29, 1.82) is 0 Å². The normalized spacial score (nSPS) is 10.6. The van der Waals surface area contributed by atoms with Gasteiger partial charge in [0.05, 0.1) is 28.4 Å². The Kier molecular flexibility index (Phi) is 4.66. The van der Waals surface area contributed by atoms with Crippen LogP contribution in [-0.4, -0.2) is 18.1 Å². The van der Waals surface area contributed by atoms with Gasteiger partial charge in [-0.25, -0.2) is 9.78 Å². The van der Waals surface area contributed by atoms with Gasteiger partial charge in [-0.1, -0.05) is 47.5 Å². The molecule has 116 valence electrons. The molecule has 6 heteroatoms. The van der Waals surface area contributed by atoms with Crippen molar-refractivity contribution in [2.45, 2.75) is 0 Å². The zero-order valence-corrected chi connectivity index (χ0v) is 14.4. The molecule has 0 bridgehead atoms. The van der Waals surface area contributed by atoms with E-state index < -0.39 is 0 Å². The van der Waals surface area contributed by atoms with Gasteiger partial charge in [-0.2, -0.15) is 0 Å². The van der Waals surface area contributed by atoms with E-state index in [0.717, 1.165) is 21.8 Å². The number of benzene rings is 2. The third-order valence-corrected chi connectivity index (χ3v) is 4.90. The van der Waals surface area contributed by atoms with Crippen molar-refractivity contribution in [3.63, 3.8) is 0 Å². The third kappa shape index (κ3) is 3.24. The second kappa shape index (κ2) is 6.71. The van der Waals surface area contributed by atoms with Crippen LogP contribution in [-0.2, 0) is 4.74 Å². The zero-order valence-electron chi connectivity index (χ0n) is 12.0. The third-order valence-electron chi connectivity index (χ3n) is 3.28. The summed E-state index contributed by atoms with van der Waals surface area (Å²) < 4.78 is 4.82. The molecular weight excluding hydrogens is 353 g/mol. The second-order valence-electron chi connectivity index (χ2n) is 4.70. The molecule has 1 heterocycles. The molecule has 3 rings (SSSR count). The molecule has 0 N–H and O–H groups in total. The van der Waals surface area contributed by atoms with Crippen LogP contribution in [0.15, 0.2) is 47.8 Å². The van der Waals surface area contributed by atoms with Gasteiger partial charge in [-0.3, -0.25) is 0 Å². The fraction of sp³-hybridized carbons (Fsp3) is 0.0588. The zero-order chi connectivity index (χ0) is 16.4. The smallest absolute Gasteiger partial charge is 0.338 e. The first-order valence-corrected chi connectivity index (χ1v) is 8.32. The lowest BCUT2D eigenvalue weighted by molar-refractivity contribution is 0.0601. The Morgan fingerprint density at radius 2 is 1.91 bits per heavy atom. The van der Waals surface area contributed by atoms with E-state index in [1.807, 2.05) is 23.6 Å². The lowest BCUT2D eigenvalue weighted by atomic mass is 10.1. The molecule has 23 heavy (non-hydrogen) atoms. The van der Waals surface area contributed by atoms with E-state index in [0.29, 0.717) is 15.6 Å². The van der Waals surface area contributed by atoms with Crippen LogP contribution in [0.5, 0.6) is 0 Å². The highest BCUT2D eigenvalue weighted by Crippen LogP contribution is 2.33. The molecule has 2 aromatic carbocycles. The predicted molar refractivity (Wildman–Crippen MR) is 94.3 cm³/mol. The number of thiazole rings is 1. The number of rotatable bonds is 3. The summed E-state index contributed by atoms with van der Waals surface area (Å²) in [6.45, 7) is 0. The van der Waals surface area contributed by atoms with Crippen LogP contribution < -0.4 is 0 Å². The van der Waals surface area contributed by atoms with Crippen LogP contribution in [0.1, 0.15) is 10.4 Å². The van der Waals surface area contributed by atoms with Crippen molar-refractivity contribution < 1.29 is 9.53 Å². The van der Waals surface area contributed by atoms with Crippen LogP contribution in [0.3, 0.4) is 0 Å². The van der Waals surface area contributed by atoms with E-state index in [9.17, 15) is 4.79 Å². The van der Waals surface area contributed by atoms with Crippen molar-refractivity contribution in [2.75, 3.05) is 7.11 Å². The average molecular weight is 364 g/mol. The molecule has 0 atom stereocenters.